The summed E-state index contributed by atoms with van der Waals surface area (Å²) in [5.41, 5.74) is 3.96. The largest absolute Gasteiger partial charge is 0.423 e. The van der Waals surface area contributed by atoms with E-state index in [9.17, 15) is 14.0 Å². The Balaban J connectivity index is 1.67. The predicted octanol–water partition coefficient (Wildman–Crippen LogP) is 4.97. The number of rotatable bonds is 6. The molecule has 0 heterocycles. The molecule has 0 aliphatic heterocycles. The molecule has 150 valence electrons. The molecule has 0 aromatic heterocycles. The monoisotopic (exact) mass is 466 g/mol. The van der Waals surface area contributed by atoms with E-state index in [2.05, 4.69) is 26.5 Å². The number of nitrogens with one attached hydrogen (secondary N) is 1. The van der Waals surface area contributed by atoms with Gasteiger partial charge >= 0.3 is 5.97 Å². The van der Waals surface area contributed by atoms with Crippen LogP contribution in [0, 0.1) is 5.82 Å². The minimum Gasteiger partial charge on any atom is -0.423 e. The molecule has 0 radical (unpaired) electrons. The van der Waals surface area contributed by atoms with Crippen LogP contribution in [0.25, 0.3) is 6.08 Å². The zero-order valence-electron chi connectivity index (χ0n) is 15.6. The smallest absolute Gasteiger partial charge is 0.336 e. The number of hydrazone groups is 1. The Morgan fingerprint density at radius 2 is 1.73 bits per heavy atom. The van der Waals surface area contributed by atoms with Crippen molar-refractivity contribution in [1.29, 1.82) is 0 Å². The molecule has 0 saturated heterocycles. The standard InChI is InChI=1S/C23H16BrFN2O3/c24-19-9-12-21(30-22(28)13-6-16-4-2-1-3-5-16)18(14-19)15-26-27-23(29)17-7-10-20(25)11-8-17/h1-15H,(H,27,29)/b13-6+,26-15+. The fraction of sp³-hybridized carbons (Fsp3) is 0. The molecule has 3 aromatic carbocycles. The highest BCUT2D eigenvalue weighted by Gasteiger charge is 2.08. The van der Waals surface area contributed by atoms with Gasteiger partial charge in [0.2, 0.25) is 0 Å². The summed E-state index contributed by atoms with van der Waals surface area (Å²) in [5.74, 6) is -1.20. The van der Waals surface area contributed by atoms with Gasteiger partial charge in [-0.3, -0.25) is 4.79 Å². The molecule has 0 saturated carbocycles. The Kier molecular flexibility index (Phi) is 7.24. The van der Waals surface area contributed by atoms with Crippen LogP contribution in [0.1, 0.15) is 21.5 Å². The molecule has 0 unspecified atom stereocenters. The Bertz CT molecular complexity index is 1100. The number of amides is 1. The quantitative estimate of drug-likeness (QED) is 0.183. The second-order valence-corrected chi connectivity index (χ2v) is 6.97. The van der Waals surface area contributed by atoms with E-state index in [-0.39, 0.29) is 11.3 Å². The van der Waals surface area contributed by atoms with Gasteiger partial charge in [0.05, 0.1) is 6.21 Å². The first-order valence-corrected chi connectivity index (χ1v) is 9.64. The van der Waals surface area contributed by atoms with Crippen molar-refractivity contribution in [2.75, 3.05) is 0 Å². The van der Waals surface area contributed by atoms with Gasteiger partial charge in [-0.15, -0.1) is 0 Å². The van der Waals surface area contributed by atoms with Crippen LogP contribution in [0.15, 0.2) is 88.4 Å². The van der Waals surface area contributed by atoms with E-state index in [1.54, 1.807) is 24.3 Å². The number of carbonyl (C=O) groups excluding carboxylic acids is 2. The summed E-state index contributed by atoms with van der Waals surface area (Å²) in [6.45, 7) is 0. The van der Waals surface area contributed by atoms with Crippen LogP contribution >= 0.6 is 15.9 Å². The molecule has 0 aliphatic rings. The van der Waals surface area contributed by atoms with E-state index in [1.807, 2.05) is 30.3 Å². The molecule has 0 bridgehead atoms. The van der Waals surface area contributed by atoms with Crippen molar-refractivity contribution >= 4 is 40.1 Å². The lowest BCUT2D eigenvalue weighted by Gasteiger charge is -2.06. The highest BCUT2D eigenvalue weighted by molar-refractivity contribution is 9.10. The molecule has 0 atom stereocenters. The van der Waals surface area contributed by atoms with E-state index >= 15 is 0 Å². The van der Waals surface area contributed by atoms with Crippen molar-refractivity contribution in [3.8, 4) is 5.75 Å². The van der Waals surface area contributed by atoms with Crippen LogP contribution in [0.5, 0.6) is 5.75 Å². The van der Waals surface area contributed by atoms with Crippen LogP contribution in [0.4, 0.5) is 4.39 Å². The highest BCUT2D eigenvalue weighted by atomic mass is 79.9. The normalized spacial score (nSPS) is 11.0. The van der Waals surface area contributed by atoms with Crippen LogP contribution in [0.2, 0.25) is 0 Å². The minimum absolute atomic E-state index is 0.264. The van der Waals surface area contributed by atoms with Crippen molar-refractivity contribution in [1.82, 2.24) is 5.43 Å². The fourth-order valence-corrected chi connectivity index (χ4v) is 2.79. The van der Waals surface area contributed by atoms with E-state index < -0.39 is 17.7 Å². The molecular weight excluding hydrogens is 451 g/mol. The minimum atomic E-state index is -0.550. The van der Waals surface area contributed by atoms with E-state index in [0.717, 1.165) is 10.0 Å². The molecule has 1 N–H and O–H groups in total. The number of halogens is 2. The summed E-state index contributed by atoms with van der Waals surface area (Å²) >= 11 is 3.35. The van der Waals surface area contributed by atoms with Crippen LogP contribution in [-0.2, 0) is 4.79 Å². The average Bonchev–Trinajstić information content (AvgIpc) is 2.75. The topological polar surface area (TPSA) is 67.8 Å². The maximum Gasteiger partial charge on any atom is 0.336 e. The zero-order valence-corrected chi connectivity index (χ0v) is 17.2. The van der Waals surface area contributed by atoms with Crippen molar-refractivity contribution in [3.63, 3.8) is 0 Å². The molecule has 1 amide bonds. The first-order chi connectivity index (χ1) is 14.5. The summed E-state index contributed by atoms with van der Waals surface area (Å²) in [5, 5.41) is 3.89. The molecule has 30 heavy (non-hydrogen) atoms. The Morgan fingerprint density at radius 1 is 1.00 bits per heavy atom. The third kappa shape index (κ3) is 6.22. The van der Waals surface area contributed by atoms with E-state index in [0.29, 0.717) is 5.56 Å². The zero-order chi connectivity index (χ0) is 21.3. The van der Waals surface area contributed by atoms with Gasteiger partial charge in [0.25, 0.3) is 5.91 Å². The van der Waals surface area contributed by atoms with Crippen molar-refractivity contribution in [2.45, 2.75) is 0 Å². The van der Waals surface area contributed by atoms with Gasteiger partial charge in [-0.2, -0.15) is 5.10 Å². The number of hydrogen-bond acceptors (Lipinski definition) is 4. The first kappa shape index (κ1) is 21.1. The summed E-state index contributed by atoms with van der Waals surface area (Å²) < 4.78 is 19.1. The second kappa shape index (κ2) is 10.3. The molecule has 7 heteroatoms. The number of esters is 1. The van der Waals surface area contributed by atoms with Gasteiger partial charge in [0.1, 0.15) is 11.6 Å². The van der Waals surface area contributed by atoms with Gasteiger partial charge < -0.3 is 4.74 Å². The number of hydrogen-bond donors (Lipinski definition) is 1. The summed E-state index contributed by atoms with van der Waals surface area (Å²) in [7, 11) is 0. The van der Waals surface area contributed by atoms with Gasteiger partial charge in [0.15, 0.2) is 0 Å². The van der Waals surface area contributed by atoms with Gasteiger partial charge in [-0.05, 0) is 54.1 Å². The van der Waals surface area contributed by atoms with Crippen LogP contribution in [0.3, 0.4) is 0 Å². The molecule has 0 spiro atoms. The number of benzene rings is 3. The lowest BCUT2D eigenvalue weighted by atomic mass is 10.2. The Hall–Kier alpha value is -3.58. The second-order valence-electron chi connectivity index (χ2n) is 6.05. The third-order valence-electron chi connectivity index (χ3n) is 3.87. The molecule has 5 nitrogen and oxygen atoms in total. The maximum absolute atomic E-state index is 12.9. The van der Waals surface area contributed by atoms with Crippen LogP contribution in [-0.4, -0.2) is 18.1 Å². The lowest BCUT2D eigenvalue weighted by Crippen LogP contribution is -2.17. The summed E-state index contributed by atoms with van der Waals surface area (Å²) in [6.07, 6.45) is 4.34. The number of nitrogens with zero attached hydrogens (tertiary/aromatic N) is 1. The predicted molar refractivity (Wildman–Crippen MR) is 117 cm³/mol. The summed E-state index contributed by atoms with van der Waals surface area (Å²) in [6, 6.07) is 19.5. The van der Waals surface area contributed by atoms with E-state index in [1.165, 1.54) is 36.6 Å². The Labute approximate surface area is 181 Å². The number of ether oxygens (including phenoxy) is 1. The maximum atomic E-state index is 12.9. The first-order valence-electron chi connectivity index (χ1n) is 8.85. The molecule has 3 aromatic rings. The van der Waals surface area contributed by atoms with Crippen LogP contribution < -0.4 is 10.2 Å². The fourth-order valence-electron chi connectivity index (χ4n) is 2.41. The van der Waals surface area contributed by atoms with Crippen molar-refractivity contribution in [2.24, 2.45) is 5.10 Å². The van der Waals surface area contributed by atoms with Gasteiger partial charge in [0, 0.05) is 21.7 Å². The van der Waals surface area contributed by atoms with E-state index in [4.69, 9.17) is 4.74 Å². The SMILES string of the molecule is O=C(/C=C/c1ccccc1)Oc1ccc(Br)cc1/C=N/NC(=O)c1ccc(F)cc1. The summed E-state index contributed by atoms with van der Waals surface area (Å²) in [4.78, 5) is 24.2. The van der Waals surface area contributed by atoms with Crippen molar-refractivity contribution in [3.05, 3.63) is 106 Å². The van der Waals surface area contributed by atoms with Gasteiger partial charge in [-0.1, -0.05) is 46.3 Å². The number of carbonyl (C=O) groups is 2. The molecule has 0 fully saturated rings. The Morgan fingerprint density at radius 3 is 2.47 bits per heavy atom. The third-order valence-corrected chi connectivity index (χ3v) is 4.36. The van der Waals surface area contributed by atoms with Crippen molar-refractivity contribution < 1.29 is 18.7 Å². The molecular formula is C23H16BrFN2O3. The lowest BCUT2D eigenvalue weighted by molar-refractivity contribution is -0.128. The average molecular weight is 467 g/mol. The molecule has 0 aliphatic carbocycles. The molecule has 3 rings (SSSR count). The highest BCUT2D eigenvalue weighted by Crippen LogP contribution is 2.22. The van der Waals surface area contributed by atoms with Gasteiger partial charge in [-0.25, -0.2) is 14.6 Å².